The summed E-state index contributed by atoms with van der Waals surface area (Å²) in [5.41, 5.74) is 1.08. The molecule has 2 rings (SSSR count). The van der Waals surface area contributed by atoms with Crippen molar-refractivity contribution in [2.45, 2.75) is 25.9 Å². The summed E-state index contributed by atoms with van der Waals surface area (Å²) in [7, 11) is 1.57. The lowest BCUT2D eigenvalue weighted by Gasteiger charge is -2.34. The van der Waals surface area contributed by atoms with Gasteiger partial charge in [0.1, 0.15) is 0 Å². The van der Waals surface area contributed by atoms with Gasteiger partial charge in [0.2, 0.25) is 0 Å². The van der Waals surface area contributed by atoms with Crippen LogP contribution in [0, 0.1) is 5.41 Å². The summed E-state index contributed by atoms with van der Waals surface area (Å²) in [5, 5.41) is 6.40. The molecule has 0 saturated carbocycles. The Kier molecular flexibility index (Phi) is 7.15. The van der Waals surface area contributed by atoms with Gasteiger partial charge >= 0.3 is 0 Å². The van der Waals surface area contributed by atoms with Crippen molar-refractivity contribution in [3.63, 3.8) is 0 Å². The highest BCUT2D eigenvalue weighted by Gasteiger charge is 2.28. The number of hydrogen-bond acceptors (Lipinski definition) is 3. The van der Waals surface area contributed by atoms with Crippen LogP contribution in [0.25, 0.3) is 0 Å². The van der Waals surface area contributed by atoms with Gasteiger partial charge in [0.05, 0.1) is 0 Å². The normalized spacial score (nSPS) is 18.4. The summed E-state index contributed by atoms with van der Waals surface area (Å²) in [6.45, 7) is 5.00. The van der Waals surface area contributed by atoms with Crippen LogP contribution in [0.1, 0.15) is 31.4 Å². The molecule has 4 nitrogen and oxygen atoms in total. The van der Waals surface area contributed by atoms with Crippen LogP contribution in [0.3, 0.4) is 0 Å². The molecular formula is C16H25ClN2O2. The topological polar surface area (TPSA) is 50.4 Å². The first-order chi connectivity index (χ1) is 9.64. The fraction of sp³-hybridized carbons (Fsp3) is 0.562. The molecule has 0 bridgehead atoms. The van der Waals surface area contributed by atoms with Crippen LogP contribution in [0.4, 0.5) is 0 Å². The molecule has 0 aliphatic carbocycles. The van der Waals surface area contributed by atoms with Gasteiger partial charge in [0.15, 0.2) is 6.10 Å². The van der Waals surface area contributed by atoms with E-state index in [9.17, 15) is 4.79 Å². The van der Waals surface area contributed by atoms with E-state index in [2.05, 4.69) is 17.6 Å². The first-order valence-electron chi connectivity index (χ1n) is 7.21. The van der Waals surface area contributed by atoms with E-state index in [1.54, 1.807) is 7.11 Å². The van der Waals surface area contributed by atoms with Gasteiger partial charge in [-0.25, -0.2) is 0 Å². The molecule has 1 heterocycles. The number of benzene rings is 1. The summed E-state index contributed by atoms with van der Waals surface area (Å²) in [6, 6.07) is 9.61. The summed E-state index contributed by atoms with van der Waals surface area (Å²) in [6.07, 6.45) is 1.66. The van der Waals surface area contributed by atoms with Crippen molar-refractivity contribution >= 4 is 18.3 Å². The monoisotopic (exact) mass is 312 g/mol. The summed E-state index contributed by atoms with van der Waals surface area (Å²) >= 11 is 0. The molecule has 118 valence electrons. The average molecular weight is 313 g/mol. The van der Waals surface area contributed by atoms with Gasteiger partial charge in [-0.2, -0.15) is 0 Å². The molecule has 1 aliphatic heterocycles. The third-order valence-corrected chi connectivity index (χ3v) is 4.08. The molecule has 0 spiro atoms. The lowest BCUT2D eigenvalue weighted by atomic mass is 9.81. The van der Waals surface area contributed by atoms with Crippen LogP contribution in [0.15, 0.2) is 30.3 Å². The van der Waals surface area contributed by atoms with Crippen molar-refractivity contribution < 1.29 is 9.53 Å². The molecule has 5 heteroatoms. The minimum absolute atomic E-state index is 0. The van der Waals surface area contributed by atoms with Gasteiger partial charge in [-0.15, -0.1) is 12.4 Å². The molecule has 1 unspecified atom stereocenters. The summed E-state index contributed by atoms with van der Waals surface area (Å²) in [5.74, 6) is -0.0570. The minimum atomic E-state index is -0.526. The number of carbonyl (C=O) groups is 1. The molecule has 1 aromatic rings. The number of carbonyl (C=O) groups excluding carboxylic acids is 1. The molecule has 1 amide bonds. The molecule has 1 saturated heterocycles. The molecule has 21 heavy (non-hydrogen) atoms. The Labute approximate surface area is 133 Å². The Hall–Kier alpha value is -1.10. The van der Waals surface area contributed by atoms with Crippen LogP contribution in [-0.4, -0.2) is 32.7 Å². The lowest BCUT2D eigenvalue weighted by molar-refractivity contribution is -0.132. The Morgan fingerprint density at radius 3 is 2.52 bits per heavy atom. The lowest BCUT2D eigenvalue weighted by Crippen LogP contribution is -2.44. The largest absolute Gasteiger partial charge is 0.367 e. The van der Waals surface area contributed by atoms with Crippen LogP contribution in [-0.2, 0) is 9.53 Å². The van der Waals surface area contributed by atoms with Crippen molar-refractivity contribution in [1.82, 2.24) is 10.6 Å². The standard InChI is InChI=1S/C16H24N2O2.ClH/c1-16(8-10-17-11-9-16)12-18-15(19)14(20-2)13-6-4-3-5-7-13;/h3-7,14,17H,8-12H2,1-2H3,(H,18,19);1H. The molecule has 2 N–H and O–H groups in total. The second-order valence-electron chi connectivity index (χ2n) is 5.80. The number of halogens is 1. The zero-order valence-electron chi connectivity index (χ0n) is 12.7. The van der Waals surface area contributed by atoms with Gasteiger partial charge < -0.3 is 15.4 Å². The van der Waals surface area contributed by atoms with E-state index in [1.807, 2.05) is 30.3 Å². The van der Waals surface area contributed by atoms with Crippen molar-refractivity contribution in [2.75, 3.05) is 26.7 Å². The molecule has 1 aromatic carbocycles. The van der Waals surface area contributed by atoms with Gasteiger partial charge in [-0.05, 0) is 36.9 Å². The first-order valence-corrected chi connectivity index (χ1v) is 7.21. The SMILES string of the molecule is COC(C(=O)NCC1(C)CCNCC1)c1ccccc1.Cl. The second-order valence-corrected chi connectivity index (χ2v) is 5.80. The average Bonchev–Trinajstić information content (AvgIpc) is 2.48. The number of nitrogens with one attached hydrogen (secondary N) is 2. The molecular weight excluding hydrogens is 288 g/mol. The second kappa shape index (κ2) is 8.37. The molecule has 0 aromatic heterocycles. The van der Waals surface area contributed by atoms with E-state index in [0.29, 0.717) is 6.54 Å². The van der Waals surface area contributed by atoms with Gasteiger partial charge in [0, 0.05) is 13.7 Å². The quantitative estimate of drug-likeness (QED) is 0.877. The zero-order chi connectivity index (χ0) is 14.4. The van der Waals surface area contributed by atoms with E-state index in [0.717, 1.165) is 31.5 Å². The van der Waals surface area contributed by atoms with Crippen LogP contribution in [0.5, 0.6) is 0 Å². The summed E-state index contributed by atoms with van der Waals surface area (Å²) in [4.78, 5) is 12.3. The number of rotatable bonds is 5. The highest BCUT2D eigenvalue weighted by atomic mass is 35.5. The van der Waals surface area contributed by atoms with E-state index >= 15 is 0 Å². The van der Waals surface area contributed by atoms with E-state index in [1.165, 1.54) is 0 Å². The Balaban J connectivity index is 0.00000220. The third kappa shape index (κ3) is 4.99. The Morgan fingerprint density at radius 1 is 1.33 bits per heavy atom. The zero-order valence-corrected chi connectivity index (χ0v) is 13.5. The number of ether oxygens (including phenoxy) is 1. The predicted molar refractivity (Wildman–Crippen MR) is 86.7 cm³/mol. The number of amides is 1. The van der Waals surface area contributed by atoms with Gasteiger partial charge in [0.25, 0.3) is 5.91 Å². The first kappa shape index (κ1) is 18.0. The smallest absolute Gasteiger partial charge is 0.253 e. The van der Waals surface area contributed by atoms with Crippen molar-refractivity contribution in [3.05, 3.63) is 35.9 Å². The Bertz CT molecular complexity index is 433. The maximum atomic E-state index is 12.3. The maximum Gasteiger partial charge on any atom is 0.253 e. The van der Waals surface area contributed by atoms with Crippen LogP contribution < -0.4 is 10.6 Å². The fourth-order valence-corrected chi connectivity index (χ4v) is 2.62. The number of hydrogen-bond donors (Lipinski definition) is 2. The van der Waals surface area contributed by atoms with Crippen LogP contribution in [0.2, 0.25) is 0 Å². The molecule has 1 aliphatic rings. The van der Waals surface area contributed by atoms with E-state index in [4.69, 9.17) is 4.74 Å². The number of piperidine rings is 1. The highest BCUT2D eigenvalue weighted by molar-refractivity contribution is 5.85. The minimum Gasteiger partial charge on any atom is -0.367 e. The molecule has 1 atom stereocenters. The van der Waals surface area contributed by atoms with Crippen molar-refractivity contribution in [2.24, 2.45) is 5.41 Å². The van der Waals surface area contributed by atoms with Gasteiger partial charge in [-0.3, -0.25) is 4.79 Å². The maximum absolute atomic E-state index is 12.3. The fourth-order valence-electron chi connectivity index (χ4n) is 2.62. The third-order valence-electron chi connectivity index (χ3n) is 4.08. The number of methoxy groups -OCH3 is 1. The highest BCUT2D eigenvalue weighted by Crippen LogP contribution is 2.27. The van der Waals surface area contributed by atoms with Crippen LogP contribution >= 0.6 is 12.4 Å². The molecule has 1 fully saturated rings. The molecule has 0 radical (unpaired) electrons. The Morgan fingerprint density at radius 2 is 1.95 bits per heavy atom. The van der Waals surface area contributed by atoms with E-state index < -0.39 is 6.10 Å². The predicted octanol–water partition coefficient (Wildman–Crippen LogP) is 2.30. The van der Waals surface area contributed by atoms with Gasteiger partial charge in [-0.1, -0.05) is 37.3 Å². The van der Waals surface area contributed by atoms with E-state index in [-0.39, 0.29) is 23.7 Å². The van der Waals surface area contributed by atoms with Crippen molar-refractivity contribution in [3.8, 4) is 0 Å². The van der Waals surface area contributed by atoms with Crippen molar-refractivity contribution in [1.29, 1.82) is 0 Å². The summed E-state index contributed by atoms with van der Waals surface area (Å²) < 4.78 is 5.35.